The Morgan fingerprint density at radius 3 is 2.46 bits per heavy atom. The van der Waals surface area contributed by atoms with Crippen molar-refractivity contribution in [3.63, 3.8) is 0 Å². The monoisotopic (exact) mass is 425 g/mol. The fourth-order valence-electron chi connectivity index (χ4n) is 3.14. The molecule has 1 unspecified atom stereocenters. The summed E-state index contributed by atoms with van der Waals surface area (Å²) in [6.07, 6.45) is 1.34. The third kappa shape index (κ3) is 5.30. The number of carboxylic acids is 1. The molecule has 0 heterocycles. The van der Waals surface area contributed by atoms with Crippen molar-refractivity contribution in [3.8, 4) is 5.75 Å². The molecule has 4 nitrogen and oxygen atoms in total. The van der Waals surface area contributed by atoms with Crippen molar-refractivity contribution in [3.05, 3.63) is 57.1 Å². The number of carbonyl (C=O) groups is 1. The molecule has 150 valence electrons. The van der Waals surface area contributed by atoms with Crippen LogP contribution in [0.5, 0.6) is 5.75 Å². The summed E-state index contributed by atoms with van der Waals surface area (Å²) >= 11 is 12.5. The highest BCUT2D eigenvalue weighted by atomic mass is 35.5. The molecule has 2 aromatic carbocycles. The van der Waals surface area contributed by atoms with Gasteiger partial charge in [0.25, 0.3) is 0 Å². The molecule has 2 aromatic rings. The highest BCUT2D eigenvalue weighted by Crippen LogP contribution is 2.35. The first-order chi connectivity index (χ1) is 13.3. The van der Waals surface area contributed by atoms with Gasteiger partial charge in [-0.1, -0.05) is 29.3 Å². The van der Waals surface area contributed by atoms with Crippen LogP contribution in [0.3, 0.4) is 0 Å². The Hall–Kier alpha value is -1.98. The average molecular weight is 426 g/mol. The van der Waals surface area contributed by atoms with Crippen molar-refractivity contribution in [2.75, 3.05) is 5.32 Å². The molecule has 0 bridgehead atoms. The molecular weight excluding hydrogens is 404 g/mol. The van der Waals surface area contributed by atoms with Gasteiger partial charge < -0.3 is 15.2 Å². The van der Waals surface area contributed by atoms with Gasteiger partial charge in [-0.2, -0.15) is 0 Å². The molecule has 1 aliphatic rings. The van der Waals surface area contributed by atoms with Gasteiger partial charge in [0.2, 0.25) is 6.17 Å². The van der Waals surface area contributed by atoms with E-state index in [1.54, 1.807) is 0 Å². The summed E-state index contributed by atoms with van der Waals surface area (Å²) in [5.41, 5.74) is 3.57. The van der Waals surface area contributed by atoms with Gasteiger partial charge in [-0.15, -0.1) is 0 Å². The molecule has 0 aromatic heterocycles. The lowest BCUT2D eigenvalue weighted by atomic mass is 9.93. The van der Waals surface area contributed by atoms with Gasteiger partial charge >= 0.3 is 5.97 Å². The number of hydrogen-bond acceptors (Lipinski definition) is 3. The number of alkyl halides is 1. The van der Waals surface area contributed by atoms with Gasteiger partial charge in [-0.3, -0.25) is 0 Å². The van der Waals surface area contributed by atoms with E-state index in [0.29, 0.717) is 17.4 Å². The maximum Gasteiger partial charge on any atom is 0.338 e. The van der Waals surface area contributed by atoms with Crippen LogP contribution >= 0.6 is 23.2 Å². The molecule has 2 N–H and O–H groups in total. The van der Waals surface area contributed by atoms with Crippen LogP contribution in [-0.4, -0.2) is 23.3 Å². The molecule has 0 saturated heterocycles. The van der Waals surface area contributed by atoms with Crippen molar-refractivity contribution in [2.45, 2.75) is 51.4 Å². The zero-order chi connectivity index (χ0) is 20.3. The molecule has 1 atom stereocenters. The summed E-state index contributed by atoms with van der Waals surface area (Å²) in [7, 11) is 0. The fourth-order valence-corrected chi connectivity index (χ4v) is 3.78. The number of halogens is 3. The predicted molar refractivity (Wildman–Crippen MR) is 109 cm³/mol. The largest absolute Gasteiger partial charge is 0.486 e. The molecule has 28 heavy (non-hydrogen) atoms. The van der Waals surface area contributed by atoms with Crippen LogP contribution < -0.4 is 10.1 Å². The van der Waals surface area contributed by atoms with Crippen LogP contribution in [0.25, 0.3) is 0 Å². The molecule has 0 radical (unpaired) electrons. The normalized spacial score (nSPS) is 15.0. The van der Waals surface area contributed by atoms with E-state index < -0.39 is 12.1 Å². The van der Waals surface area contributed by atoms with E-state index in [0.717, 1.165) is 16.8 Å². The Bertz CT molecular complexity index is 848. The molecular formula is C21H22Cl2FNO3. The predicted octanol–water partition coefficient (Wildman–Crippen LogP) is 5.81. The lowest BCUT2D eigenvalue weighted by molar-refractivity contribution is -0.142. The van der Waals surface area contributed by atoms with E-state index in [2.05, 4.69) is 11.4 Å². The minimum atomic E-state index is -2.01. The number of carboxylic acid groups (broad SMARTS) is 1. The molecule has 1 fully saturated rings. The number of rotatable bonds is 8. The third-order valence-electron chi connectivity index (χ3n) is 4.74. The zero-order valence-corrected chi connectivity index (χ0v) is 17.0. The lowest BCUT2D eigenvalue weighted by Crippen LogP contribution is -2.27. The molecule has 3 rings (SSSR count). The van der Waals surface area contributed by atoms with Crippen LogP contribution in [0.15, 0.2) is 30.3 Å². The summed E-state index contributed by atoms with van der Waals surface area (Å²) in [5.74, 6) is -1.22. The van der Waals surface area contributed by atoms with Gasteiger partial charge in [0.15, 0.2) is 5.75 Å². The second kappa shape index (κ2) is 9.01. The van der Waals surface area contributed by atoms with Crippen molar-refractivity contribution in [1.82, 2.24) is 0 Å². The summed E-state index contributed by atoms with van der Waals surface area (Å²) < 4.78 is 19.2. The second-order valence-electron chi connectivity index (χ2n) is 7.17. The van der Waals surface area contributed by atoms with Gasteiger partial charge in [-0.25, -0.2) is 9.18 Å². The molecule has 0 aliphatic heterocycles. The van der Waals surface area contributed by atoms with Crippen molar-refractivity contribution in [2.24, 2.45) is 0 Å². The Balaban J connectivity index is 1.69. The number of anilines is 1. The first-order valence-corrected chi connectivity index (χ1v) is 9.92. The van der Waals surface area contributed by atoms with Gasteiger partial charge in [0.05, 0.1) is 10.0 Å². The van der Waals surface area contributed by atoms with E-state index >= 15 is 0 Å². The SMILES string of the molecule is Cc1cc(COc2c(Cl)cc(CC(F)C(=O)O)cc2Cl)cc(NC2CCC2)c1. The molecule has 1 aliphatic carbocycles. The van der Waals surface area contributed by atoms with Crippen molar-refractivity contribution < 1.29 is 19.0 Å². The zero-order valence-electron chi connectivity index (χ0n) is 15.5. The highest BCUT2D eigenvalue weighted by molar-refractivity contribution is 6.37. The summed E-state index contributed by atoms with van der Waals surface area (Å²) in [4.78, 5) is 10.7. The van der Waals surface area contributed by atoms with E-state index in [1.165, 1.54) is 31.4 Å². The van der Waals surface area contributed by atoms with E-state index in [1.807, 2.05) is 19.1 Å². The van der Waals surface area contributed by atoms with Crippen molar-refractivity contribution in [1.29, 1.82) is 0 Å². The smallest absolute Gasteiger partial charge is 0.338 e. The summed E-state index contributed by atoms with van der Waals surface area (Å²) in [5, 5.41) is 12.7. The topological polar surface area (TPSA) is 58.6 Å². The van der Waals surface area contributed by atoms with Crippen LogP contribution in [0, 0.1) is 6.92 Å². The van der Waals surface area contributed by atoms with E-state index in [4.69, 9.17) is 33.0 Å². The number of hydrogen-bond donors (Lipinski definition) is 2. The highest BCUT2D eigenvalue weighted by Gasteiger charge is 2.19. The molecule has 0 spiro atoms. The molecule has 0 amide bonds. The Morgan fingerprint density at radius 1 is 1.21 bits per heavy atom. The van der Waals surface area contributed by atoms with E-state index in [9.17, 15) is 9.18 Å². The number of aliphatic carboxylic acids is 1. The Kier molecular flexibility index (Phi) is 6.68. The average Bonchev–Trinajstić information content (AvgIpc) is 2.57. The van der Waals surface area contributed by atoms with Crippen LogP contribution in [0.4, 0.5) is 10.1 Å². The lowest BCUT2D eigenvalue weighted by Gasteiger charge is -2.28. The number of aryl methyl sites for hydroxylation is 1. The van der Waals surface area contributed by atoms with Crippen molar-refractivity contribution >= 4 is 34.9 Å². The quantitative estimate of drug-likeness (QED) is 0.559. The fraction of sp³-hybridized carbons (Fsp3) is 0.381. The van der Waals surface area contributed by atoms with E-state index in [-0.39, 0.29) is 23.1 Å². The summed E-state index contributed by atoms with van der Waals surface area (Å²) in [6, 6.07) is 9.69. The standard InChI is InChI=1S/C21H22Cl2FNO3/c1-12-5-14(7-16(6-12)25-15-3-2-4-15)11-28-20-17(22)8-13(9-18(20)23)10-19(24)21(26)27/h5-9,15,19,25H,2-4,10-11H2,1H3,(H,26,27). The first kappa shape index (κ1) is 20.7. The second-order valence-corrected chi connectivity index (χ2v) is 7.98. The third-order valence-corrected chi connectivity index (χ3v) is 5.30. The molecule has 7 heteroatoms. The maximum absolute atomic E-state index is 13.4. The minimum Gasteiger partial charge on any atom is -0.486 e. The van der Waals surface area contributed by atoms with Gasteiger partial charge in [0.1, 0.15) is 6.61 Å². The molecule has 1 saturated carbocycles. The minimum absolute atomic E-state index is 0.223. The number of nitrogens with one attached hydrogen (secondary N) is 1. The maximum atomic E-state index is 13.4. The number of benzene rings is 2. The Labute approximate surface area is 173 Å². The Morgan fingerprint density at radius 2 is 1.89 bits per heavy atom. The number of ether oxygens (including phenoxy) is 1. The van der Waals surface area contributed by atoms with Crippen LogP contribution in [0.2, 0.25) is 10.0 Å². The van der Waals surface area contributed by atoms with Gasteiger partial charge in [0, 0.05) is 18.2 Å². The van der Waals surface area contributed by atoms with Gasteiger partial charge in [-0.05, 0) is 67.1 Å². The summed E-state index contributed by atoms with van der Waals surface area (Å²) in [6.45, 7) is 2.31. The van der Waals surface area contributed by atoms with Crippen LogP contribution in [-0.2, 0) is 17.8 Å². The van der Waals surface area contributed by atoms with Crippen LogP contribution in [0.1, 0.15) is 36.0 Å². The first-order valence-electron chi connectivity index (χ1n) is 9.16.